The first-order valence-electron chi connectivity index (χ1n) is 9.81. The minimum absolute atomic E-state index is 0.0540. The van der Waals surface area contributed by atoms with Gasteiger partial charge in [0.1, 0.15) is 18.1 Å². The molecule has 4 rings (SSSR count). The summed E-state index contributed by atoms with van der Waals surface area (Å²) in [5, 5.41) is 1.27. The van der Waals surface area contributed by atoms with Gasteiger partial charge in [0.15, 0.2) is 0 Å². The van der Waals surface area contributed by atoms with E-state index in [1.54, 1.807) is 0 Å². The Morgan fingerprint density at radius 3 is 2.39 bits per heavy atom. The maximum absolute atomic E-state index is 4.50. The Balaban J connectivity index is 2.05. The van der Waals surface area contributed by atoms with E-state index in [4.69, 9.17) is 0 Å². The van der Waals surface area contributed by atoms with Crippen molar-refractivity contribution in [3.63, 3.8) is 0 Å². The third-order valence-electron chi connectivity index (χ3n) is 5.66. The summed E-state index contributed by atoms with van der Waals surface area (Å²) in [5.74, 6) is 0.986. The van der Waals surface area contributed by atoms with Crippen LogP contribution in [0.25, 0.3) is 27.8 Å². The Hall–Kier alpha value is -2.94. The molecule has 4 aromatic rings. The molecule has 0 aliphatic carbocycles. The molecular formula is C25H28N3+. The van der Waals surface area contributed by atoms with Gasteiger partial charge in [-0.25, -0.2) is 4.57 Å². The van der Waals surface area contributed by atoms with Crippen molar-refractivity contribution in [2.75, 3.05) is 0 Å². The zero-order valence-electron chi connectivity index (χ0n) is 17.6. The molecule has 0 radical (unpaired) electrons. The smallest absolute Gasteiger partial charge is 0.300 e. The van der Waals surface area contributed by atoms with Gasteiger partial charge in [0.25, 0.3) is 5.82 Å². The summed E-state index contributed by atoms with van der Waals surface area (Å²) in [6, 6.07) is 17.5. The van der Waals surface area contributed by atoms with Gasteiger partial charge in [-0.1, -0.05) is 44.0 Å². The molecule has 0 atom stereocenters. The summed E-state index contributed by atoms with van der Waals surface area (Å²) in [4.78, 5) is 4.50. The molecule has 0 bridgehead atoms. The minimum atomic E-state index is 0.0540. The molecular weight excluding hydrogens is 342 g/mol. The first-order chi connectivity index (χ1) is 13.3. The number of rotatable bonds is 2. The Morgan fingerprint density at radius 1 is 0.964 bits per heavy atom. The first kappa shape index (κ1) is 18.4. The van der Waals surface area contributed by atoms with Crippen LogP contribution >= 0.6 is 0 Å². The maximum Gasteiger partial charge on any atom is 0.300 e. The van der Waals surface area contributed by atoms with E-state index in [9.17, 15) is 0 Å². The van der Waals surface area contributed by atoms with Crippen molar-refractivity contribution < 1.29 is 4.57 Å². The fourth-order valence-electron chi connectivity index (χ4n) is 3.90. The number of nitrogens with zero attached hydrogens (tertiary/aromatic N) is 3. The van der Waals surface area contributed by atoms with Crippen LogP contribution in [0, 0.1) is 13.8 Å². The molecule has 0 spiro atoms. The summed E-state index contributed by atoms with van der Waals surface area (Å²) in [6.45, 7) is 11.1. The Labute approximate surface area is 167 Å². The summed E-state index contributed by atoms with van der Waals surface area (Å²) in [6.07, 6.45) is 3.95. The average Bonchev–Trinajstić information content (AvgIpc) is 2.99. The molecule has 0 saturated heterocycles. The summed E-state index contributed by atoms with van der Waals surface area (Å²) < 4.78 is 4.49. The fraction of sp³-hybridized carbons (Fsp3) is 0.280. The quantitative estimate of drug-likeness (QED) is 0.431. The number of aromatic nitrogens is 3. The average molecular weight is 371 g/mol. The van der Waals surface area contributed by atoms with E-state index >= 15 is 0 Å². The van der Waals surface area contributed by atoms with Crippen molar-refractivity contribution in [3.8, 4) is 16.9 Å². The highest BCUT2D eigenvalue weighted by Crippen LogP contribution is 2.35. The molecule has 142 valence electrons. The molecule has 3 heteroatoms. The van der Waals surface area contributed by atoms with Crippen LogP contribution in [0.3, 0.4) is 0 Å². The van der Waals surface area contributed by atoms with E-state index < -0.39 is 0 Å². The fourth-order valence-corrected chi connectivity index (χ4v) is 3.90. The molecule has 0 fully saturated rings. The van der Waals surface area contributed by atoms with E-state index in [-0.39, 0.29) is 5.41 Å². The normalized spacial score (nSPS) is 11.9. The van der Waals surface area contributed by atoms with Crippen molar-refractivity contribution in [3.05, 3.63) is 77.9 Å². The molecule has 0 aliphatic rings. The lowest BCUT2D eigenvalue weighted by atomic mass is 9.84. The molecule has 0 unspecified atom stereocenters. The molecule has 2 heterocycles. The second-order valence-electron chi connectivity index (χ2n) is 8.60. The lowest BCUT2D eigenvalue weighted by Crippen LogP contribution is -2.36. The zero-order chi connectivity index (χ0) is 20.1. The lowest BCUT2D eigenvalue weighted by Gasteiger charge is -2.23. The minimum Gasteiger partial charge on any atom is -0.344 e. The third-order valence-corrected chi connectivity index (χ3v) is 5.66. The van der Waals surface area contributed by atoms with Crippen LogP contribution in [0.1, 0.15) is 37.7 Å². The third kappa shape index (κ3) is 3.01. The highest BCUT2D eigenvalue weighted by molar-refractivity contribution is 5.88. The SMILES string of the molecule is Cc1c(-c2cc3ccccc3n2C)cc(C(C)(C)C)cc1-[n+]1cccnc1C. The van der Waals surface area contributed by atoms with Crippen LogP contribution in [0.2, 0.25) is 0 Å². The van der Waals surface area contributed by atoms with Crippen LogP contribution < -0.4 is 4.57 Å². The van der Waals surface area contributed by atoms with E-state index in [1.807, 2.05) is 12.3 Å². The molecule has 28 heavy (non-hydrogen) atoms. The highest BCUT2D eigenvalue weighted by atomic mass is 15.0. The predicted octanol–water partition coefficient (Wildman–Crippen LogP) is 5.43. The van der Waals surface area contributed by atoms with Crippen LogP contribution in [0.15, 0.2) is 60.9 Å². The van der Waals surface area contributed by atoms with Crippen LogP contribution in [0.5, 0.6) is 0 Å². The zero-order valence-corrected chi connectivity index (χ0v) is 17.6. The molecule has 2 aromatic heterocycles. The summed E-state index contributed by atoms with van der Waals surface area (Å²) in [5.41, 5.74) is 7.61. The van der Waals surface area contributed by atoms with E-state index in [0.717, 1.165) is 5.82 Å². The van der Waals surface area contributed by atoms with Gasteiger partial charge in [0, 0.05) is 47.8 Å². The standard InChI is InChI=1S/C25H28N3/c1-17-21(24-14-19-10-7-8-11-22(19)27(24)6)15-20(25(3,4)5)16-23(17)28-13-9-12-26-18(28)2/h7-16H,1-6H3/q+1. The predicted molar refractivity (Wildman–Crippen MR) is 116 cm³/mol. The number of benzene rings is 2. The number of fused-ring (bicyclic) bond motifs is 1. The lowest BCUT2D eigenvalue weighted by molar-refractivity contribution is -0.606. The Bertz CT molecular complexity index is 1180. The Morgan fingerprint density at radius 2 is 1.71 bits per heavy atom. The van der Waals surface area contributed by atoms with Crippen molar-refractivity contribution in [2.45, 2.75) is 40.0 Å². The van der Waals surface area contributed by atoms with Crippen LogP contribution in [-0.4, -0.2) is 9.55 Å². The van der Waals surface area contributed by atoms with Gasteiger partial charge in [0.2, 0.25) is 0 Å². The van der Waals surface area contributed by atoms with Crippen molar-refractivity contribution in [1.82, 2.24) is 9.55 Å². The topological polar surface area (TPSA) is 21.7 Å². The Kier molecular flexibility index (Phi) is 4.34. The van der Waals surface area contributed by atoms with Crippen molar-refractivity contribution in [1.29, 1.82) is 0 Å². The van der Waals surface area contributed by atoms with Gasteiger partial charge in [-0.3, -0.25) is 0 Å². The van der Waals surface area contributed by atoms with Gasteiger partial charge < -0.3 is 4.57 Å². The molecule has 3 nitrogen and oxygen atoms in total. The molecule has 0 amide bonds. The first-order valence-corrected chi connectivity index (χ1v) is 9.81. The number of hydrogen-bond donors (Lipinski definition) is 0. The van der Waals surface area contributed by atoms with E-state index in [2.05, 4.69) is 104 Å². The highest BCUT2D eigenvalue weighted by Gasteiger charge is 2.23. The van der Waals surface area contributed by atoms with Crippen LogP contribution in [-0.2, 0) is 12.5 Å². The van der Waals surface area contributed by atoms with Crippen molar-refractivity contribution >= 4 is 10.9 Å². The monoisotopic (exact) mass is 370 g/mol. The van der Waals surface area contributed by atoms with E-state index in [1.165, 1.54) is 39.0 Å². The van der Waals surface area contributed by atoms with Gasteiger partial charge in [0.05, 0.1) is 0 Å². The maximum atomic E-state index is 4.50. The second-order valence-corrected chi connectivity index (χ2v) is 8.60. The number of para-hydroxylation sites is 1. The number of aryl methyl sites for hydroxylation is 2. The van der Waals surface area contributed by atoms with Gasteiger partial charge in [-0.15, -0.1) is 0 Å². The van der Waals surface area contributed by atoms with Gasteiger partial charge >= 0.3 is 0 Å². The summed E-state index contributed by atoms with van der Waals surface area (Å²) >= 11 is 0. The summed E-state index contributed by atoms with van der Waals surface area (Å²) in [7, 11) is 2.16. The number of hydrogen-bond acceptors (Lipinski definition) is 1. The van der Waals surface area contributed by atoms with Crippen LogP contribution in [0.4, 0.5) is 0 Å². The van der Waals surface area contributed by atoms with Gasteiger partial charge in [-0.2, -0.15) is 0 Å². The molecule has 2 aromatic carbocycles. The van der Waals surface area contributed by atoms with Crippen molar-refractivity contribution in [2.24, 2.45) is 7.05 Å². The molecule has 0 N–H and O–H groups in total. The molecule has 0 aliphatic heterocycles. The van der Waals surface area contributed by atoms with E-state index in [0.29, 0.717) is 0 Å². The second kappa shape index (κ2) is 6.59. The largest absolute Gasteiger partial charge is 0.344 e. The molecule has 0 saturated carbocycles. The van der Waals surface area contributed by atoms with Gasteiger partial charge in [-0.05, 0) is 42.2 Å².